The molecule has 0 unspecified atom stereocenters. The van der Waals surface area contributed by atoms with Gasteiger partial charge in [-0.1, -0.05) is 53.6 Å². The van der Waals surface area contributed by atoms with Crippen molar-refractivity contribution in [3.8, 4) is 11.5 Å². The fraction of sp³-hybridized carbons (Fsp3) is 0.478. The molecule has 18 heteroatoms. The zero-order valence-electron chi connectivity index (χ0n) is 38.0. The van der Waals surface area contributed by atoms with Gasteiger partial charge in [0.15, 0.2) is 0 Å². The van der Waals surface area contributed by atoms with E-state index in [1.54, 1.807) is 22.2 Å². The molecule has 0 spiro atoms. The van der Waals surface area contributed by atoms with E-state index in [0.717, 1.165) is 66.5 Å². The fourth-order valence-corrected chi connectivity index (χ4v) is 6.70. The minimum atomic E-state index is -0.501. The van der Waals surface area contributed by atoms with Gasteiger partial charge in [0, 0.05) is 36.3 Å². The molecule has 2 atom stereocenters. The quantitative estimate of drug-likeness (QED) is 0.0375. The summed E-state index contributed by atoms with van der Waals surface area (Å²) in [5.74, 6) is 1.96. The van der Waals surface area contributed by atoms with Crippen LogP contribution in [0.4, 0.5) is 9.59 Å². The first kappa shape index (κ1) is 53.1. The molecule has 0 bridgehead atoms. The van der Waals surface area contributed by atoms with Gasteiger partial charge in [0.25, 0.3) is 0 Å². The second-order valence-corrected chi connectivity index (χ2v) is 17.4. The van der Waals surface area contributed by atoms with Crippen molar-refractivity contribution in [3.63, 3.8) is 0 Å². The number of alkyl halides is 1. The zero-order valence-corrected chi connectivity index (χ0v) is 40.8. The smallest absolute Gasteiger partial charge is 0.490 e. The summed E-state index contributed by atoms with van der Waals surface area (Å²) in [6, 6.07) is 20.5. The molecule has 16 nitrogen and oxygen atoms in total. The van der Waals surface area contributed by atoms with Gasteiger partial charge < -0.3 is 39.8 Å². The van der Waals surface area contributed by atoms with Crippen molar-refractivity contribution in [2.24, 2.45) is 5.11 Å². The molecule has 64 heavy (non-hydrogen) atoms. The Hall–Kier alpha value is -5.21. The molecule has 0 saturated carbocycles. The minimum absolute atomic E-state index is 0. The average molecular weight is 905 g/mol. The molecular formula is C46H58ClN10NaO6. The maximum Gasteiger partial charge on any atom is 1.00 e. The number of azide groups is 1. The third-order valence-electron chi connectivity index (χ3n) is 9.83. The van der Waals surface area contributed by atoms with Crippen LogP contribution in [0, 0.1) is 0 Å². The molecule has 0 radical (unpaired) electrons. The molecule has 4 heterocycles. The van der Waals surface area contributed by atoms with Crippen LogP contribution < -0.4 is 39.0 Å². The van der Waals surface area contributed by atoms with E-state index in [0.29, 0.717) is 44.5 Å². The van der Waals surface area contributed by atoms with Crippen molar-refractivity contribution in [1.82, 2.24) is 19.8 Å². The van der Waals surface area contributed by atoms with Crippen LogP contribution in [0.15, 0.2) is 90.6 Å². The van der Waals surface area contributed by atoms with Gasteiger partial charge in [0.2, 0.25) is 0 Å². The number of aryl methyl sites for hydroxylation is 4. The standard InChI is InChI=1S/C23H29ClN2O3.C23H29N5O3.N3.Na/c1-23(2,3)29-22(27)26-10-9-20(26)16-28-21-12-19(14-25-15-21)8-7-17-5-4-6-18(11-17)13-24;1-23(2,3)31-22(29)28-10-9-20(28)16-30-21-12-19(13-25-15-21)8-7-17-5-4-6-18(11-17)14-26-27-24;1-3-2;/h4-6,11-12,14-15,20H,7-10,13,16H2,1-3H3;4-6,11-13,15,20H,7-10,14,16H2,1-3H3;;/q;;-1;+1/t2*20-;;/m00../s1. The second kappa shape index (κ2) is 26.5. The van der Waals surface area contributed by atoms with Crippen molar-refractivity contribution >= 4 is 23.8 Å². The average Bonchev–Trinajstić information content (AvgIpc) is 3.20. The van der Waals surface area contributed by atoms with Crippen LogP contribution in [0.5, 0.6) is 11.5 Å². The number of pyridine rings is 2. The van der Waals surface area contributed by atoms with Crippen molar-refractivity contribution in [2.75, 3.05) is 26.3 Å². The Morgan fingerprint density at radius 1 is 0.672 bits per heavy atom. The van der Waals surface area contributed by atoms with Gasteiger partial charge in [-0.15, -0.1) is 11.6 Å². The number of aromatic nitrogens is 2. The van der Waals surface area contributed by atoms with Crippen molar-refractivity contribution in [3.05, 3.63) is 145 Å². The normalized spacial score (nSPS) is 15.0. The van der Waals surface area contributed by atoms with E-state index in [1.165, 1.54) is 16.0 Å². The largest absolute Gasteiger partial charge is 1.00 e. The molecule has 0 aliphatic carbocycles. The Morgan fingerprint density at radius 3 is 1.47 bits per heavy atom. The molecule has 2 saturated heterocycles. The molecule has 2 aliphatic rings. The molecule has 6 rings (SSSR count). The van der Waals surface area contributed by atoms with Crippen molar-refractivity contribution in [1.29, 1.82) is 0 Å². The molecule has 4 aromatic rings. The molecule has 2 aromatic heterocycles. The number of amides is 2. The van der Waals surface area contributed by atoms with E-state index in [-0.39, 0.29) is 53.8 Å². The Morgan fingerprint density at radius 2 is 1.08 bits per heavy atom. The van der Waals surface area contributed by atoms with Crippen LogP contribution in [-0.4, -0.2) is 81.5 Å². The van der Waals surface area contributed by atoms with Crippen molar-refractivity contribution in [2.45, 2.75) is 116 Å². The summed E-state index contributed by atoms with van der Waals surface area (Å²) >= 11 is 5.92. The van der Waals surface area contributed by atoms with Gasteiger partial charge in [0.05, 0.1) is 31.0 Å². The number of nitrogens with zero attached hydrogens (tertiary/aromatic N) is 10. The monoisotopic (exact) mass is 904 g/mol. The molecule has 2 amide bonds. The van der Waals surface area contributed by atoms with E-state index in [1.807, 2.05) is 90.3 Å². The Kier molecular flexibility index (Phi) is 22.0. The Balaban J connectivity index is 0.000000317. The number of likely N-dealkylation sites (tertiary alicyclic amines) is 2. The molecule has 2 aliphatic heterocycles. The van der Waals surface area contributed by atoms with Gasteiger partial charge in [0.1, 0.15) is 35.9 Å². The van der Waals surface area contributed by atoms with Gasteiger partial charge in [-0.2, -0.15) is 0 Å². The number of halogens is 1. The number of hydrogen-bond donors (Lipinski definition) is 0. The zero-order chi connectivity index (χ0) is 45.8. The van der Waals surface area contributed by atoms with Crippen LogP contribution in [0.25, 0.3) is 26.4 Å². The number of carbonyl (C=O) groups is 2. The van der Waals surface area contributed by atoms with Crippen LogP contribution in [-0.2, 0) is 47.6 Å². The molecular weight excluding hydrogens is 847 g/mol. The van der Waals surface area contributed by atoms with Gasteiger partial charge in [-0.25, -0.2) is 9.59 Å². The van der Waals surface area contributed by atoms with Crippen LogP contribution in [0.2, 0.25) is 0 Å². The first-order valence-corrected chi connectivity index (χ1v) is 21.5. The third kappa shape index (κ3) is 18.9. The fourth-order valence-electron chi connectivity index (χ4n) is 6.54. The summed E-state index contributed by atoms with van der Waals surface area (Å²) in [7, 11) is 0. The Labute approximate surface area is 403 Å². The van der Waals surface area contributed by atoms with E-state index in [9.17, 15) is 9.59 Å². The number of rotatable bonds is 15. The maximum atomic E-state index is 12.2. The van der Waals surface area contributed by atoms with Crippen LogP contribution in [0.1, 0.15) is 87.8 Å². The summed E-state index contributed by atoms with van der Waals surface area (Å²) in [5, 5.41) is 3.61. The van der Waals surface area contributed by atoms with Crippen molar-refractivity contribution < 1.29 is 58.1 Å². The minimum Gasteiger partial charge on any atom is -0.490 e. The van der Waals surface area contributed by atoms with Gasteiger partial charge >= 0.3 is 41.7 Å². The number of carbonyl (C=O) groups excluding carboxylic acids is 2. The summed E-state index contributed by atoms with van der Waals surface area (Å²) in [6.45, 7) is 13.8. The SMILES string of the molecule is CC(C)(C)OC(=O)N1CC[C@H]1COc1cncc(CCc2cccc(CCl)c2)c1.CC(C)(C)OC(=O)N1CC[C@H]1COc1cncc(CCc2cccc(CN=[N+]=[N-])c2)c1.[N-]=[N+]=[N-].[Na+]. The maximum absolute atomic E-state index is 12.2. The van der Waals surface area contributed by atoms with Crippen LogP contribution >= 0.6 is 11.6 Å². The predicted octanol–water partition coefficient (Wildman–Crippen LogP) is 7.93. The third-order valence-corrected chi connectivity index (χ3v) is 10.1. The molecule has 2 aromatic carbocycles. The summed E-state index contributed by atoms with van der Waals surface area (Å²) in [6.07, 6.45) is 11.9. The van der Waals surface area contributed by atoms with Crippen LogP contribution in [0.3, 0.4) is 0 Å². The van der Waals surface area contributed by atoms with Gasteiger partial charge in [-0.05, 0) is 131 Å². The summed E-state index contributed by atoms with van der Waals surface area (Å²) in [4.78, 5) is 40.8. The van der Waals surface area contributed by atoms with Gasteiger partial charge in [-0.3, -0.25) is 14.9 Å². The van der Waals surface area contributed by atoms with E-state index in [2.05, 4.69) is 44.3 Å². The van der Waals surface area contributed by atoms with E-state index in [4.69, 9.17) is 47.1 Å². The summed E-state index contributed by atoms with van der Waals surface area (Å²) in [5.41, 5.74) is 27.8. The molecule has 0 N–H and O–H groups in total. The number of hydrogen-bond acceptors (Lipinski definition) is 9. The predicted molar refractivity (Wildman–Crippen MR) is 242 cm³/mol. The van der Waals surface area contributed by atoms with E-state index < -0.39 is 11.2 Å². The number of benzene rings is 2. The summed E-state index contributed by atoms with van der Waals surface area (Å²) < 4.78 is 22.7. The topological polar surface area (TPSA) is 211 Å². The first-order valence-electron chi connectivity index (χ1n) is 20.9. The molecule has 2 fully saturated rings. The molecule has 336 valence electrons. The van der Waals surface area contributed by atoms with E-state index >= 15 is 0 Å². The second-order valence-electron chi connectivity index (χ2n) is 17.2. The first-order chi connectivity index (χ1) is 30.1. The number of ether oxygens (including phenoxy) is 4. The Bertz CT molecular complexity index is 2190.